The molecule has 4 atom stereocenters. The maximum Gasteiger partial charge on any atom is 0.303 e. The molecule has 1 fully saturated rings. The average Bonchev–Trinajstić information content (AvgIpc) is 2.53. The van der Waals surface area contributed by atoms with Gasteiger partial charge < -0.3 is 23.7 Å². The number of hydrogen-bond acceptors (Lipinski definition) is 8. The lowest BCUT2D eigenvalue weighted by atomic mass is 10.0. The van der Waals surface area contributed by atoms with Gasteiger partial charge in [0.25, 0.3) is 0 Å². The zero-order chi connectivity index (χ0) is 19.3. The molecular weight excluding hydrogens is 344 g/mol. The molecule has 0 amide bonds. The van der Waals surface area contributed by atoms with E-state index in [1.54, 1.807) is 12.1 Å². The predicted octanol–water partition coefficient (Wildman–Crippen LogP) is 1.53. The highest BCUT2D eigenvalue weighted by Crippen LogP contribution is 2.27. The number of carbonyl (C=O) groups is 3. The molecule has 2 rings (SSSR count). The lowest BCUT2D eigenvalue weighted by Crippen LogP contribution is -2.59. The lowest BCUT2D eigenvalue weighted by Gasteiger charge is -2.40. The third-order valence-corrected chi connectivity index (χ3v) is 3.58. The number of ether oxygens (including phenoxy) is 5. The summed E-state index contributed by atoms with van der Waals surface area (Å²) < 4.78 is 27.0. The molecule has 0 aliphatic carbocycles. The molecule has 8 heteroatoms. The fourth-order valence-electron chi connectivity index (χ4n) is 2.56. The van der Waals surface area contributed by atoms with E-state index in [4.69, 9.17) is 23.7 Å². The Bertz CT molecular complexity index is 654. The average molecular weight is 366 g/mol. The predicted molar refractivity (Wildman–Crippen MR) is 88.2 cm³/mol. The fraction of sp³-hybridized carbons (Fsp3) is 0.500. The molecule has 0 bridgehead atoms. The number of rotatable bonds is 5. The van der Waals surface area contributed by atoms with Gasteiger partial charge in [0.2, 0.25) is 12.4 Å². The van der Waals surface area contributed by atoms with E-state index in [1.165, 1.54) is 20.8 Å². The molecule has 142 valence electrons. The second kappa shape index (κ2) is 8.66. The van der Waals surface area contributed by atoms with Gasteiger partial charge in [0.05, 0.1) is 6.61 Å². The van der Waals surface area contributed by atoms with Crippen LogP contribution in [0.15, 0.2) is 24.3 Å². The lowest BCUT2D eigenvalue weighted by molar-refractivity contribution is -0.259. The van der Waals surface area contributed by atoms with Crippen LogP contribution >= 0.6 is 0 Å². The molecule has 26 heavy (non-hydrogen) atoms. The minimum absolute atomic E-state index is 0.0776. The molecule has 0 spiro atoms. The zero-order valence-electron chi connectivity index (χ0n) is 15.1. The molecule has 1 aliphatic rings. The van der Waals surface area contributed by atoms with Gasteiger partial charge in [-0.25, -0.2) is 0 Å². The van der Waals surface area contributed by atoms with Crippen LogP contribution in [-0.4, -0.2) is 49.1 Å². The standard InChI is InChI=1S/C18H22O8/c1-10-5-7-14(8-6-10)26-18-17(25-13(4)21)16(24-12(3)20)15(9-22-18)23-11(2)19/h5-8,15-18H,9H2,1-4H3/t15-,16+,17-,18+/m1/s1. The summed E-state index contributed by atoms with van der Waals surface area (Å²) in [5, 5.41) is 0. The van der Waals surface area contributed by atoms with Crippen molar-refractivity contribution >= 4 is 17.9 Å². The Balaban J connectivity index is 2.25. The summed E-state index contributed by atoms with van der Waals surface area (Å²) in [5.41, 5.74) is 1.05. The molecular formula is C18H22O8. The van der Waals surface area contributed by atoms with Crippen LogP contribution in [0.25, 0.3) is 0 Å². The molecule has 8 nitrogen and oxygen atoms in total. The summed E-state index contributed by atoms with van der Waals surface area (Å²) in [6.07, 6.45) is -4.10. The SMILES string of the molecule is CC(=O)O[C@@H]1[C@@H](OC(C)=O)[C@H](Oc2ccc(C)cc2)OC[C@H]1OC(C)=O. The van der Waals surface area contributed by atoms with Crippen molar-refractivity contribution in [3.8, 4) is 5.75 Å². The van der Waals surface area contributed by atoms with Crippen molar-refractivity contribution in [3.05, 3.63) is 29.8 Å². The highest BCUT2D eigenvalue weighted by Gasteiger charge is 2.48. The van der Waals surface area contributed by atoms with E-state index in [0.29, 0.717) is 5.75 Å². The summed E-state index contributed by atoms with van der Waals surface area (Å²) in [7, 11) is 0. The minimum Gasteiger partial charge on any atom is -0.461 e. The Morgan fingerprint density at radius 2 is 1.42 bits per heavy atom. The van der Waals surface area contributed by atoms with E-state index >= 15 is 0 Å². The molecule has 1 aromatic rings. The van der Waals surface area contributed by atoms with Gasteiger partial charge in [0.1, 0.15) is 5.75 Å². The van der Waals surface area contributed by atoms with Crippen molar-refractivity contribution < 1.29 is 38.1 Å². The van der Waals surface area contributed by atoms with Crippen molar-refractivity contribution in [1.82, 2.24) is 0 Å². The Morgan fingerprint density at radius 3 is 1.96 bits per heavy atom. The fourth-order valence-corrected chi connectivity index (χ4v) is 2.56. The number of esters is 3. The zero-order valence-corrected chi connectivity index (χ0v) is 15.1. The third kappa shape index (κ3) is 5.45. The first-order chi connectivity index (χ1) is 12.3. The van der Waals surface area contributed by atoms with Crippen LogP contribution in [0, 0.1) is 6.92 Å². The molecule has 0 radical (unpaired) electrons. The highest BCUT2D eigenvalue weighted by atomic mass is 16.7. The quantitative estimate of drug-likeness (QED) is 0.572. The summed E-state index contributed by atoms with van der Waals surface area (Å²) in [4.78, 5) is 34.3. The van der Waals surface area contributed by atoms with Gasteiger partial charge in [-0.05, 0) is 19.1 Å². The first-order valence-corrected chi connectivity index (χ1v) is 8.13. The first kappa shape index (κ1) is 19.7. The van der Waals surface area contributed by atoms with E-state index in [2.05, 4.69) is 0 Å². The number of aryl methyl sites for hydroxylation is 1. The molecule has 0 aromatic heterocycles. The maximum atomic E-state index is 11.5. The van der Waals surface area contributed by atoms with E-state index in [9.17, 15) is 14.4 Å². The summed E-state index contributed by atoms with van der Waals surface area (Å²) in [6, 6.07) is 7.18. The van der Waals surface area contributed by atoms with Crippen LogP contribution in [0.3, 0.4) is 0 Å². The molecule has 1 saturated heterocycles. The van der Waals surface area contributed by atoms with Gasteiger partial charge in [0, 0.05) is 20.8 Å². The Labute approximate surface area is 151 Å². The van der Waals surface area contributed by atoms with Crippen molar-refractivity contribution in [2.45, 2.75) is 52.3 Å². The van der Waals surface area contributed by atoms with Gasteiger partial charge in [-0.2, -0.15) is 0 Å². The van der Waals surface area contributed by atoms with Crippen LogP contribution in [-0.2, 0) is 33.3 Å². The smallest absolute Gasteiger partial charge is 0.303 e. The number of carbonyl (C=O) groups excluding carboxylic acids is 3. The molecule has 0 N–H and O–H groups in total. The van der Waals surface area contributed by atoms with Gasteiger partial charge in [-0.1, -0.05) is 17.7 Å². The highest BCUT2D eigenvalue weighted by molar-refractivity contribution is 5.68. The summed E-state index contributed by atoms with van der Waals surface area (Å²) in [6.45, 7) is 5.50. The van der Waals surface area contributed by atoms with Gasteiger partial charge >= 0.3 is 17.9 Å². The third-order valence-electron chi connectivity index (χ3n) is 3.58. The molecule has 1 heterocycles. The Morgan fingerprint density at radius 1 is 0.885 bits per heavy atom. The second-order valence-electron chi connectivity index (χ2n) is 5.93. The van der Waals surface area contributed by atoms with Gasteiger partial charge in [-0.3, -0.25) is 14.4 Å². The van der Waals surface area contributed by atoms with Gasteiger partial charge in [0.15, 0.2) is 12.2 Å². The van der Waals surface area contributed by atoms with Crippen molar-refractivity contribution in [3.63, 3.8) is 0 Å². The van der Waals surface area contributed by atoms with E-state index < -0.39 is 42.5 Å². The Kier molecular flexibility index (Phi) is 6.57. The maximum absolute atomic E-state index is 11.5. The summed E-state index contributed by atoms with van der Waals surface area (Å²) >= 11 is 0. The van der Waals surface area contributed by atoms with Crippen LogP contribution < -0.4 is 4.74 Å². The minimum atomic E-state index is -1.10. The van der Waals surface area contributed by atoms with E-state index in [-0.39, 0.29) is 6.61 Å². The monoisotopic (exact) mass is 366 g/mol. The second-order valence-corrected chi connectivity index (χ2v) is 5.93. The van der Waals surface area contributed by atoms with E-state index in [1.807, 2.05) is 19.1 Å². The van der Waals surface area contributed by atoms with Crippen LogP contribution in [0.2, 0.25) is 0 Å². The van der Waals surface area contributed by atoms with Crippen LogP contribution in [0.1, 0.15) is 26.3 Å². The number of benzene rings is 1. The van der Waals surface area contributed by atoms with Crippen molar-refractivity contribution in [1.29, 1.82) is 0 Å². The molecule has 1 aliphatic heterocycles. The van der Waals surface area contributed by atoms with Gasteiger partial charge in [-0.15, -0.1) is 0 Å². The Hall–Kier alpha value is -2.61. The first-order valence-electron chi connectivity index (χ1n) is 8.13. The molecule has 0 saturated carbocycles. The topological polar surface area (TPSA) is 97.4 Å². The number of hydrogen-bond donors (Lipinski definition) is 0. The molecule has 1 aromatic carbocycles. The summed E-state index contributed by atoms with van der Waals surface area (Å²) in [5.74, 6) is -1.31. The normalized spacial score (nSPS) is 25.1. The van der Waals surface area contributed by atoms with E-state index in [0.717, 1.165) is 5.56 Å². The van der Waals surface area contributed by atoms with Crippen molar-refractivity contribution in [2.24, 2.45) is 0 Å². The largest absolute Gasteiger partial charge is 0.461 e. The molecule has 0 unspecified atom stereocenters. The van der Waals surface area contributed by atoms with Crippen LogP contribution in [0.5, 0.6) is 5.75 Å². The van der Waals surface area contributed by atoms with Crippen LogP contribution in [0.4, 0.5) is 0 Å². The van der Waals surface area contributed by atoms with Crippen molar-refractivity contribution in [2.75, 3.05) is 6.61 Å².